The van der Waals surface area contributed by atoms with Gasteiger partial charge in [0.1, 0.15) is 0 Å². The van der Waals surface area contributed by atoms with Gasteiger partial charge in [-0.15, -0.1) is 11.3 Å². The lowest BCUT2D eigenvalue weighted by molar-refractivity contribution is -0.116. The molecule has 140 valence electrons. The number of benzene rings is 2. The van der Waals surface area contributed by atoms with Crippen LogP contribution in [0.1, 0.15) is 17.7 Å². The molecule has 1 heterocycles. The van der Waals surface area contributed by atoms with Crippen LogP contribution in [0, 0.1) is 6.92 Å². The first-order valence-electron chi connectivity index (χ1n) is 8.31. The van der Waals surface area contributed by atoms with Gasteiger partial charge in [-0.2, -0.15) is 0 Å². The molecule has 6 nitrogen and oxygen atoms in total. The monoisotopic (exact) mass is 401 g/mol. The summed E-state index contributed by atoms with van der Waals surface area (Å²) in [6, 6.07) is 15.8. The van der Waals surface area contributed by atoms with Crippen molar-refractivity contribution in [2.75, 3.05) is 10.0 Å². The third kappa shape index (κ3) is 5.38. The first-order valence-corrected chi connectivity index (χ1v) is 10.7. The smallest absolute Gasteiger partial charge is 0.263 e. The molecule has 1 aromatic heterocycles. The van der Waals surface area contributed by atoms with Crippen molar-refractivity contribution in [1.82, 2.24) is 4.98 Å². The van der Waals surface area contributed by atoms with Crippen molar-refractivity contribution in [3.05, 3.63) is 71.2 Å². The topological polar surface area (TPSA) is 88.2 Å². The minimum absolute atomic E-state index is 0.115. The Morgan fingerprint density at radius 3 is 2.48 bits per heavy atom. The van der Waals surface area contributed by atoms with Crippen LogP contribution < -0.4 is 10.0 Å². The Labute approximate surface area is 162 Å². The van der Waals surface area contributed by atoms with Crippen molar-refractivity contribution < 1.29 is 13.2 Å². The van der Waals surface area contributed by atoms with Crippen LogP contribution in [0.4, 0.5) is 10.8 Å². The number of carbonyl (C=O) groups is 1. The molecule has 1 amide bonds. The summed E-state index contributed by atoms with van der Waals surface area (Å²) in [6.07, 6.45) is 0.699. The summed E-state index contributed by atoms with van der Waals surface area (Å²) in [4.78, 5) is 16.4. The Morgan fingerprint density at radius 1 is 1.07 bits per heavy atom. The zero-order chi connectivity index (χ0) is 19.3. The number of carbonyl (C=O) groups excluding carboxylic acids is 1. The van der Waals surface area contributed by atoms with Crippen LogP contribution in [-0.4, -0.2) is 19.3 Å². The number of rotatable bonds is 7. The normalized spacial score (nSPS) is 11.1. The summed E-state index contributed by atoms with van der Waals surface area (Å²) in [7, 11) is -3.67. The van der Waals surface area contributed by atoms with Gasteiger partial charge in [0, 0.05) is 17.5 Å². The van der Waals surface area contributed by atoms with E-state index in [4.69, 9.17) is 0 Å². The van der Waals surface area contributed by atoms with Crippen molar-refractivity contribution in [2.45, 2.75) is 24.7 Å². The molecule has 0 aliphatic heterocycles. The van der Waals surface area contributed by atoms with E-state index in [-0.39, 0.29) is 22.4 Å². The number of anilines is 2. The SMILES string of the molecule is Cc1ccc(S(=O)(=O)Nc2nc(CCC(=O)Nc3ccccc3)cs2)cc1. The zero-order valence-electron chi connectivity index (χ0n) is 14.7. The van der Waals surface area contributed by atoms with Crippen LogP contribution in [0.2, 0.25) is 0 Å². The van der Waals surface area contributed by atoms with Gasteiger partial charge in [-0.05, 0) is 37.6 Å². The lowest BCUT2D eigenvalue weighted by atomic mass is 10.2. The van der Waals surface area contributed by atoms with E-state index in [2.05, 4.69) is 15.0 Å². The zero-order valence-corrected chi connectivity index (χ0v) is 16.3. The summed E-state index contributed by atoms with van der Waals surface area (Å²) in [6.45, 7) is 1.89. The summed E-state index contributed by atoms with van der Waals surface area (Å²) in [5.74, 6) is -0.115. The van der Waals surface area contributed by atoms with Gasteiger partial charge in [0.05, 0.1) is 10.6 Å². The molecule has 8 heteroatoms. The molecule has 0 unspecified atom stereocenters. The highest BCUT2D eigenvalue weighted by atomic mass is 32.2. The van der Waals surface area contributed by atoms with Crippen LogP contribution >= 0.6 is 11.3 Å². The van der Waals surface area contributed by atoms with Crippen molar-refractivity contribution in [2.24, 2.45) is 0 Å². The molecule has 0 radical (unpaired) electrons. The highest BCUT2D eigenvalue weighted by Gasteiger charge is 2.16. The molecule has 0 bridgehead atoms. The average Bonchev–Trinajstić information content (AvgIpc) is 3.08. The maximum Gasteiger partial charge on any atom is 0.263 e. The first-order chi connectivity index (χ1) is 12.9. The predicted molar refractivity (Wildman–Crippen MR) is 107 cm³/mol. The Morgan fingerprint density at radius 2 is 1.78 bits per heavy atom. The van der Waals surface area contributed by atoms with Crippen LogP contribution in [0.15, 0.2) is 64.9 Å². The summed E-state index contributed by atoms with van der Waals surface area (Å²) in [5.41, 5.74) is 2.40. The van der Waals surface area contributed by atoms with Crippen molar-refractivity contribution in [3.63, 3.8) is 0 Å². The van der Waals surface area contributed by atoms with E-state index in [1.807, 2.05) is 37.3 Å². The van der Waals surface area contributed by atoms with E-state index >= 15 is 0 Å². The predicted octanol–water partition coefficient (Wildman–Crippen LogP) is 3.82. The molecule has 0 saturated carbocycles. The van der Waals surface area contributed by atoms with E-state index in [0.717, 1.165) is 11.3 Å². The Bertz CT molecular complexity index is 1010. The molecule has 0 fully saturated rings. The molecule has 2 aromatic carbocycles. The largest absolute Gasteiger partial charge is 0.326 e. The van der Waals surface area contributed by atoms with E-state index in [1.54, 1.807) is 29.6 Å². The van der Waals surface area contributed by atoms with Gasteiger partial charge in [0.15, 0.2) is 5.13 Å². The van der Waals surface area contributed by atoms with Gasteiger partial charge in [-0.3, -0.25) is 9.52 Å². The molecular weight excluding hydrogens is 382 g/mol. The lowest BCUT2D eigenvalue weighted by Crippen LogP contribution is -2.13. The fourth-order valence-corrected chi connectivity index (χ4v) is 4.34. The number of aromatic nitrogens is 1. The fraction of sp³-hybridized carbons (Fsp3) is 0.158. The van der Waals surface area contributed by atoms with Crippen LogP contribution in [0.3, 0.4) is 0 Å². The molecule has 0 atom stereocenters. The summed E-state index contributed by atoms with van der Waals surface area (Å²) >= 11 is 1.20. The summed E-state index contributed by atoms with van der Waals surface area (Å²) in [5, 5.41) is 4.85. The molecule has 27 heavy (non-hydrogen) atoms. The van der Waals surface area contributed by atoms with Gasteiger partial charge in [0.25, 0.3) is 10.0 Å². The second-order valence-electron chi connectivity index (χ2n) is 5.98. The highest BCUT2D eigenvalue weighted by Crippen LogP contribution is 2.21. The number of aryl methyl sites for hydroxylation is 2. The number of hydrogen-bond donors (Lipinski definition) is 2. The van der Waals surface area contributed by atoms with Crippen molar-refractivity contribution in [1.29, 1.82) is 0 Å². The number of para-hydroxylation sites is 1. The van der Waals surface area contributed by atoms with Gasteiger partial charge < -0.3 is 5.32 Å². The Hall–Kier alpha value is -2.71. The maximum atomic E-state index is 12.4. The quantitative estimate of drug-likeness (QED) is 0.630. The standard InChI is InChI=1S/C19H19N3O3S2/c1-14-7-10-17(11-8-14)27(24,25)22-19-21-16(13-26-19)9-12-18(23)20-15-5-3-2-4-6-15/h2-8,10-11,13H,9,12H2,1H3,(H,20,23)(H,21,22). The maximum absolute atomic E-state index is 12.4. The van der Waals surface area contributed by atoms with Crippen molar-refractivity contribution >= 4 is 38.1 Å². The minimum Gasteiger partial charge on any atom is -0.326 e. The highest BCUT2D eigenvalue weighted by molar-refractivity contribution is 7.93. The average molecular weight is 402 g/mol. The molecule has 0 spiro atoms. The molecular formula is C19H19N3O3S2. The number of sulfonamides is 1. The third-order valence-corrected chi connectivity index (χ3v) is 6.06. The van der Waals surface area contributed by atoms with Crippen LogP contribution in [-0.2, 0) is 21.2 Å². The summed E-state index contributed by atoms with van der Waals surface area (Å²) < 4.78 is 27.2. The molecule has 3 aromatic rings. The minimum atomic E-state index is -3.67. The van der Waals surface area contributed by atoms with Gasteiger partial charge in [-0.1, -0.05) is 35.9 Å². The lowest BCUT2D eigenvalue weighted by Gasteiger charge is -2.05. The second kappa shape index (κ2) is 8.32. The third-order valence-electron chi connectivity index (χ3n) is 3.77. The molecule has 0 saturated heterocycles. The van der Waals surface area contributed by atoms with Gasteiger partial charge in [-0.25, -0.2) is 13.4 Å². The molecule has 3 rings (SSSR count). The van der Waals surface area contributed by atoms with E-state index in [1.165, 1.54) is 11.3 Å². The van der Waals surface area contributed by atoms with E-state index < -0.39 is 10.0 Å². The Kier molecular flexibility index (Phi) is 5.88. The second-order valence-corrected chi connectivity index (χ2v) is 8.52. The van der Waals surface area contributed by atoms with E-state index in [9.17, 15) is 13.2 Å². The first kappa shape index (κ1) is 19.1. The van der Waals surface area contributed by atoms with E-state index in [0.29, 0.717) is 12.1 Å². The number of nitrogens with zero attached hydrogens (tertiary/aromatic N) is 1. The molecule has 2 N–H and O–H groups in total. The fourth-order valence-electron chi connectivity index (χ4n) is 2.35. The van der Waals surface area contributed by atoms with Crippen LogP contribution in [0.5, 0.6) is 0 Å². The number of amides is 1. The number of hydrogen-bond acceptors (Lipinski definition) is 5. The number of thiazole rings is 1. The van der Waals surface area contributed by atoms with Crippen molar-refractivity contribution in [3.8, 4) is 0 Å². The number of nitrogens with one attached hydrogen (secondary N) is 2. The van der Waals surface area contributed by atoms with Gasteiger partial charge >= 0.3 is 0 Å². The Balaban J connectivity index is 1.56. The van der Waals surface area contributed by atoms with Gasteiger partial charge in [0.2, 0.25) is 5.91 Å². The van der Waals surface area contributed by atoms with Crippen LogP contribution in [0.25, 0.3) is 0 Å². The molecule has 0 aliphatic carbocycles. The molecule has 0 aliphatic rings.